The number of rotatable bonds is 17. The van der Waals surface area contributed by atoms with Gasteiger partial charge in [-0.2, -0.15) is 24.4 Å². The Kier molecular flexibility index (Phi) is 14.9. The zero-order valence-electron chi connectivity index (χ0n) is 20.3. The SMILES string of the molecule is CSCCC(NC(=O)C(CS)NC(=O)C(N)Cc1ccc(O)cc1)C(=O)NC(CCCCN)C(=O)O. The monoisotopic (exact) mass is 543 g/mol. The number of amides is 3. The summed E-state index contributed by atoms with van der Waals surface area (Å²) in [6, 6.07) is 2.14. The van der Waals surface area contributed by atoms with Gasteiger partial charge in [0.25, 0.3) is 0 Å². The van der Waals surface area contributed by atoms with Gasteiger partial charge in [0.15, 0.2) is 0 Å². The second-order valence-electron chi connectivity index (χ2n) is 8.25. The number of unbranched alkanes of at least 4 members (excludes halogenated alkanes) is 1. The number of carbonyl (C=O) groups excluding carboxylic acids is 3. The number of thioether (sulfide) groups is 1. The molecule has 0 aliphatic rings. The highest BCUT2D eigenvalue weighted by Gasteiger charge is 2.29. The van der Waals surface area contributed by atoms with E-state index in [-0.39, 0.29) is 30.8 Å². The Hall–Kier alpha value is -2.48. The molecule has 9 N–H and O–H groups in total. The molecule has 3 amide bonds. The third kappa shape index (κ3) is 11.5. The number of nitrogens with one attached hydrogen (secondary N) is 3. The van der Waals surface area contributed by atoms with Crippen LogP contribution >= 0.6 is 24.4 Å². The number of thiol groups is 1. The van der Waals surface area contributed by atoms with Gasteiger partial charge in [-0.1, -0.05) is 12.1 Å². The van der Waals surface area contributed by atoms with Crippen molar-refractivity contribution in [1.29, 1.82) is 0 Å². The third-order valence-corrected chi connectivity index (χ3v) is 6.36. The Bertz CT molecular complexity index is 858. The molecule has 4 atom stereocenters. The van der Waals surface area contributed by atoms with Gasteiger partial charge in [-0.25, -0.2) is 4.79 Å². The standard InChI is InChI=1S/C23H37N5O6S2/c1-36-11-9-17(21(31)27-18(23(33)34)4-2-3-10-24)26-22(32)19(13-35)28-20(30)16(25)12-14-5-7-15(29)8-6-14/h5-8,16-19,29,35H,2-4,9-13,24-25H2,1H3,(H,26,32)(H,27,31)(H,28,30)(H,33,34). The number of carboxylic acids is 1. The maximum Gasteiger partial charge on any atom is 0.326 e. The van der Waals surface area contributed by atoms with Gasteiger partial charge >= 0.3 is 5.97 Å². The van der Waals surface area contributed by atoms with Crippen LogP contribution in [0.2, 0.25) is 0 Å². The summed E-state index contributed by atoms with van der Waals surface area (Å²) in [6.07, 6.45) is 3.68. The summed E-state index contributed by atoms with van der Waals surface area (Å²) < 4.78 is 0. The molecular weight excluding hydrogens is 506 g/mol. The summed E-state index contributed by atoms with van der Waals surface area (Å²) in [5, 5.41) is 26.5. The summed E-state index contributed by atoms with van der Waals surface area (Å²) in [7, 11) is 0. The number of nitrogens with two attached hydrogens (primary N) is 2. The zero-order chi connectivity index (χ0) is 27.1. The molecule has 4 unspecified atom stereocenters. The van der Waals surface area contributed by atoms with Crippen molar-refractivity contribution in [3.05, 3.63) is 29.8 Å². The first kappa shape index (κ1) is 31.5. The fourth-order valence-corrected chi connectivity index (χ4v) is 3.98. The average molecular weight is 544 g/mol. The van der Waals surface area contributed by atoms with Gasteiger partial charge in [-0.3, -0.25) is 14.4 Å². The predicted octanol–water partition coefficient (Wildman–Crippen LogP) is -0.387. The molecule has 0 heterocycles. The molecule has 1 rings (SSSR count). The summed E-state index contributed by atoms with van der Waals surface area (Å²) in [5.74, 6) is -2.41. The smallest absolute Gasteiger partial charge is 0.326 e. The lowest BCUT2D eigenvalue weighted by molar-refractivity contribution is -0.142. The molecule has 13 heteroatoms. The molecule has 0 aliphatic carbocycles. The molecule has 0 saturated heterocycles. The first-order valence-corrected chi connectivity index (χ1v) is 13.6. The van der Waals surface area contributed by atoms with Crippen molar-refractivity contribution >= 4 is 48.1 Å². The van der Waals surface area contributed by atoms with Crippen LogP contribution in [0.5, 0.6) is 5.75 Å². The number of hydrogen-bond donors (Lipinski definition) is 8. The van der Waals surface area contributed by atoms with Crippen LogP contribution in [-0.4, -0.2) is 82.4 Å². The molecule has 36 heavy (non-hydrogen) atoms. The second-order valence-corrected chi connectivity index (χ2v) is 9.60. The van der Waals surface area contributed by atoms with Gasteiger partial charge in [0.1, 0.15) is 23.9 Å². The molecule has 0 aliphatic heterocycles. The maximum absolute atomic E-state index is 12.9. The van der Waals surface area contributed by atoms with E-state index in [9.17, 15) is 29.4 Å². The van der Waals surface area contributed by atoms with E-state index in [0.29, 0.717) is 25.1 Å². The summed E-state index contributed by atoms with van der Waals surface area (Å²) in [5.41, 5.74) is 12.2. The number of benzene rings is 1. The number of aromatic hydroxyl groups is 1. The lowest BCUT2D eigenvalue weighted by atomic mass is 10.1. The molecule has 0 aromatic heterocycles. The number of phenols is 1. The molecule has 202 valence electrons. The molecule has 0 spiro atoms. The van der Waals surface area contributed by atoms with E-state index in [2.05, 4.69) is 28.6 Å². The second kappa shape index (κ2) is 17.1. The maximum atomic E-state index is 12.9. The topological polar surface area (TPSA) is 197 Å². The number of carbonyl (C=O) groups is 4. The minimum Gasteiger partial charge on any atom is -0.508 e. The van der Waals surface area contributed by atoms with Crippen LogP contribution < -0.4 is 27.4 Å². The Balaban J connectivity index is 2.79. The van der Waals surface area contributed by atoms with Gasteiger partial charge in [-0.05, 0) is 68.4 Å². The molecule has 11 nitrogen and oxygen atoms in total. The van der Waals surface area contributed by atoms with Gasteiger partial charge in [0.2, 0.25) is 17.7 Å². The fourth-order valence-electron chi connectivity index (χ4n) is 3.25. The Morgan fingerprint density at radius 3 is 2.08 bits per heavy atom. The van der Waals surface area contributed by atoms with Crippen molar-refractivity contribution in [2.45, 2.75) is 56.3 Å². The van der Waals surface area contributed by atoms with E-state index in [4.69, 9.17) is 11.5 Å². The number of carboxylic acid groups (broad SMARTS) is 1. The number of aliphatic carboxylic acids is 1. The average Bonchev–Trinajstić information content (AvgIpc) is 2.85. The molecule has 0 fully saturated rings. The van der Waals surface area contributed by atoms with E-state index in [1.807, 2.05) is 6.26 Å². The molecule has 0 saturated carbocycles. The van der Waals surface area contributed by atoms with Gasteiger partial charge in [0.05, 0.1) is 6.04 Å². The highest BCUT2D eigenvalue weighted by molar-refractivity contribution is 7.98. The van der Waals surface area contributed by atoms with Crippen LogP contribution in [0.15, 0.2) is 24.3 Å². The van der Waals surface area contributed by atoms with Crippen LogP contribution in [0.4, 0.5) is 0 Å². The molecule has 1 aromatic carbocycles. The first-order chi connectivity index (χ1) is 17.1. The number of hydrogen-bond acceptors (Lipinski definition) is 9. The van der Waals surface area contributed by atoms with Gasteiger partial charge in [-0.15, -0.1) is 0 Å². The summed E-state index contributed by atoms with van der Waals surface area (Å²) >= 11 is 5.61. The predicted molar refractivity (Wildman–Crippen MR) is 143 cm³/mol. The van der Waals surface area contributed by atoms with Gasteiger partial charge < -0.3 is 37.6 Å². The highest BCUT2D eigenvalue weighted by Crippen LogP contribution is 2.11. The lowest BCUT2D eigenvalue weighted by Crippen LogP contribution is -2.57. The largest absolute Gasteiger partial charge is 0.508 e. The van der Waals surface area contributed by atoms with Crippen LogP contribution in [0, 0.1) is 0 Å². The van der Waals surface area contributed by atoms with E-state index in [1.54, 1.807) is 12.1 Å². The van der Waals surface area contributed by atoms with Crippen molar-refractivity contribution in [1.82, 2.24) is 16.0 Å². The third-order valence-electron chi connectivity index (χ3n) is 5.35. The Morgan fingerprint density at radius 2 is 1.53 bits per heavy atom. The van der Waals surface area contributed by atoms with Crippen molar-refractivity contribution in [3.63, 3.8) is 0 Å². The van der Waals surface area contributed by atoms with Crippen molar-refractivity contribution in [2.75, 3.05) is 24.3 Å². The first-order valence-electron chi connectivity index (χ1n) is 11.6. The van der Waals surface area contributed by atoms with Crippen molar-refractivity contribution in [2.24, 2.45) is 11.5 Å². The quantitative estimate of drug-likeness (QED) is 0.0953. The molecule has 0 bridgehead atoms. The minimum absolute atomic E-state index is 0.0444. The van der Waals surface area contributed by atoms with Crippen LogP contribution in [-0.2, 0) is 25.6 Å². The normalized spacial score (nSPS) is 14.2. The van der Waals surface area contributed by atoms with Crippen molar-refractivity contribution in [3.8, 4) is 5.75 Å². The van der Waals surface area contributed by atoms with E-state index in [1.165, 1.54) is 23.9 Å². The van der Waals surface area contributed by atoms with E-state index >= 15 is 0 Å². The molecule has 1 aromatic rings. The Morgan fingerprint density at radius 1 is 0.944 bits per heavy atom. The molecular formula is C23H37N5O6S2. The summed E-state index contributed by atoms with van der Waals surface area (Å²) in [6.45, 7) is 0.419. The van der Waals surface area contributed by atoms with Crippen LogP contribution in [0.3, 0.4) is 0 Å². The zero-order valence-corrected chi connectivity index (χ0v) is 22.0. The number of phenolic OH excluding ortho intramolecular Hbond substituents is 1. The van der Waals surface area contributed by atoms with Crippen LogP contribution in [0.1, 0.15) is 31.2 Å². The van der Waals surface area contributed by atoms with E-state index in [0.717, 1.165) is 5.56 Å². The van der Waals surface area contributed by atoms with E-state index < -0.39 is 47.9 Å². The Labute approximate surface area is 220 Å². The van der Waals surface area contributed by atoms with Crippen molar-refractivity contribution < 1.29 is 29.4 Å². The lowest BCUT2D eigenvalue weighted by Gasteiger charge is -2.24. The summed E-state index contributed by atoms with van der Waals surface area (Å²) in [4.78, 5) is 49.8. The minimum atomic E-state index is -1.17. The van der Waals surface area contributed by atoms with Crippen LogP contribution in [0.25, 0.3) is 0 Å². The van der Waals surface area contributed by atoms with Gasteiger partial charge in [0, 0.05) is 5.75 Å². The molecule has 0 radical (unpaired) electrons. The fraction of sp³-hybridized carbons (Fsp3) is 0.565. The highest BCUT2D eigenvalue weighted by atomic mass is 32.2.